The molecular formula is C17H19N3O. The van der Waals surface area contributed by atoms with Crippen molar-refractivity contribution in [3.8, 4) is 11.5 Å². The molecule has 4 heteroatoms. The summed E-state index contributed by atoms with van der Waals surface area (Å²) in [7, 11) is 0. The fourth-order valence-electron chi connectivity index (χ4n) is 2.47. The summed E-state index contributed by atoms with van der Waals surface area (Å²) in [6, 6.07) is 14.6. The lowest BCUT2D eigenvalue weighted by molar-refractivity contribution is 0.402. The third-order valence-corrected chi connectivity index (χ3v) is 3.59. The lowest BCUT2D eigenvalue weighted by Gasteiger charge is -2.10. The topological polar surface area (TPSA) is 51.0 Å². The normalized spacial score (nSPS) is 12.7. The van der Waals surface area contributed by atoms with Gasteiger partial charge in [-0.25, -0.2) is 0 Å². The molecule has 1 aromatic heterocycles. The maximum atomic E-state index is 5.84. The Morgan fingerprint density at radius 1 is 1.05 bits per heavy atom. The lowest BCUT2D eigenvalue weighted by Crippen LogP contribution is -2.20. The second-order valence-corrected chi connectivity index (χ2v) is 5.03. The molecule has 4 nitrogen and oxygen atoms in total. The van der Waals surface area contributed by atoms with Gasteiger partial charge in [-0.05, 0) is 35.9 Å². The summed E-state index contributed by atoms with van der Waals surface area (Å²) >= 11 is 0. The smallest absolute Gasteiger partial charge is 0.247 e. The van der Waals surface area contributed by atoms with E-state index in [-0.39, 0.29) is 6.04 Å². The van der Waals surface area contributed by atoms with Crippen LogP contribution in [0.2, 0.25) is 0 Å². The van der Waals surface area contributed by atoms with Gasteiger partial charge in [-0.1, -0.05) is 44.2 Å². The standard InChI is InChI=1S/C17H19N3O/c1-3-15(18-4-2)17-20-19-16(21-17)14-10-9-12-7-5-6-8-13(12)11-14/h5-11,15,18H,3-4H2,1-2H3. The first-order chi connectivity index (χ1) is 10.3. The zero-order valence-electron chi connectivity index (χ0n) is 12.3. The molecule has 0 saturated heterocycles. The van der Waals surface area contributed by atoms with Crippen molar-refractivity contribution in [1.29, 1.82) is 0 Å². The SMILES string of the molecule is CCNC(CC)c1nnc(-c2ccc3ccccc3c2)o1. The van der Waals surface area contributed by atoms with Gasteiger partial charge < -0.3 is 9.73 Å². The Balaban J connectivity index is 1.93. The van der Waals surface area contributed by atoms with E-state index < -0.39 is 0 Å². The van der Waals surface area contributed by atoms with Crippen molar-refractivity contribution in [3.63, 3.8) is 0 Å². The number of benzene rings is 2. The van der Waals surface area contributed by atoms with Crippen LogP contribution in [-0.2, 0) is 0 Å². The van der Waals surface area contributed by atoms with E-state index in [2.05, 4.69) is 53.6 Å². The number of hydrogen-bond acceptors (Lipinski definition) is 4. The van der Waals surface area contributed by atoms with E-state index in [0.717, 1.165) is 18.5 Å². The van der Waals surface area contributed by atoms with Crippen LogP contribution in [0.3, 0.4) is 0 Å². The molecule has 0 aliphatic carbocycles. The number of aromatic nitrogens is 2. The van der Waals surface area contributed by atoms with E-state index in [9.17, 15) is 0 Å². The molecular weight excluding hydrogens is 262 g/mol. The average Bonchev–Trinajstić information content (AvgIpc) is 3.02. The molecule has 1 atom stereocenters. The van der Waals surface area contributed by atoms with E-state index >= 15 is 0 Å². The molecule has 1 heterocycles. The Kier molecular flexibility index (Phi) is 3.97. The minimum atomic E-state index is 0.122. The summed E-state index contributed by atoms with van der Waals surface area (Å²) in [5.74, 6) is 1.23. The van der Waals surface area contributed by atoms with Crippen LogP contribution in [0.1, 0.15) is 32.2 Å². The van der Waals surface area contributed by atoms with E-state index in [1.54, 1.807) is 0 Å². The van der Waals surface area contributed by atoms with Gasteiger partial charge in [-0.15, -0.1) is 10.2 Å². The van der Waals surface area contributed by atoms with Crippen LogP contribution in [0, 0.1) is 0 Å². The molecule has 1 N–H and O–H groups in total. The minimum absolute atomic E-state index is 0.122. The minimum Gasteiger partial charge on any atom is -0.419 e. The number of rotatable bonds is 5. The summed E-state index contributed by atoms with van der Waals surface area (Å²) in [5, 5.41) is 14.1. The molecule has 0 bridgehead atoms. The third-order valence-electron chi connectivity index (χ3n) is 3.59. The second-order valence-electron chi connectivity index (χ2n) is 5.03. The highest BCUT2D eigenvalue weighted by molar-refractivity contribution is 5.86. The molecule has 0 aliphatic heterocycles. The van der Waals surface area contributed by atoms with Crippen molar-refractivity contribution in [2.45, 2.75) is 26.3 Å². The zero-order chi connectivity index (χ0) is 14.7. The van der Waals surface area contributed by atoms with Gasteiger partial charge in [0.1, 0.15) is 0 Å². The van der Waals surface area contributed by atoms with Crippen LogP contribution in [0.5, 0.6) is 0 Å². The summed E-state index contributed by atoms with van der Waals surface area (Å²) < 4.78 is 5.84. The van der Waals surface area contributed by atoms with Crippen LogP contribution >= 0.6 is 0 Å². The van der Waals surface area contributed by atoms with Crippen molar-refractivity contribution in [2.75, 3.05) is 6.54 Å². The maximum Gasteiger partial charge on any atom is 0.247 e. The van der Waals surface area contributed by atoms with Gasteiger partial charge in [0, 0.05) is 5.56 Å². The summed E-state index contributed by atoms with van der Waals surface area (Å²) in [6.45, 7) is 5.06. The fourth-order valence-corrected chi connectivity index (χ4v) is 2.47. The van der Waals surface area contributed by atoms with Gasteiger partial charge in [0.15, 0.2) is 0 Å². The van der Waals surface area contributed by atoms with Crippen LogP contribution in [0.15, 0.2) is 46.9 Å². The molecule has 0 aliphatic rings. The number of hydrogen-bond donors (Lipinski definition) is 1. The van der Waals surface area contributed by atoms with Gasteiger partial charge in [-0.2, -0.15) is 0 Å². The van der Waals surface area contributed by atoms with Crippen molar-refractivity contribution in [1.82, 2.24) is 15.5 Å². The Bertz CT molecular complexity index is 735. The van der Waals surface area contributed by atoms with E-state index in [4.69, 9.17) is 4.42 Å². The molecule has 21 heavy (non-hydrogen) atoms. The molecule has 0 amide bonds. The molecule has 3 aromatic rings. The van der Waals surface area contributed by atoms with E-state index in [1.807, 2.05) is 18.2 Å². The van der Waals surface area contributed by atoms with Crippen molar-refractivity contribution >= 4 is 10.8 Å². The molecule has 2 aromatic carbocycles. The second kappa shape index (κ2) is 6.06. The lowest BCUT2D eigenvalue weighted by atomic mass is 10.1. The molecule has 108 valence electrons. The molecule has 0 spiro atoms. The van der Waals surface area contributed by atoms with Gasteiger partial charge in [0.25, 0.3) is 0 Å². The third kappa shape index (κ3) is 2.81. The van der Waals surface area contributed by atoms with E-state index in [1.165, 1.54) is 10.8 Å². The van der Waals surface area contributed by atoms with Crippen molar-refractivity contribution in [2.24, 2.45) is 0 Å². The monoisotopic (exact) mass is 281 g/mol. The van der Waals surface area contributed by atoms with Gasteiger partial charge in [-0.3, -0.25) is 0 Å². The fraction of sp³-hybridized carbons (Fsp3) is 0.294. The largest absolute Gasteiger partial charge is 0.419 e. The Hall–Kier alpha value is -2.20. The maximum absolute atomic E-state index is 5.84. The van der Waals surface area contributed by atoms with Crippen molar-refractivity contribution in [3.05, 3.63) is 48.4 Å². The Morgan fingerprint density at radius 3 is 2.62 bits per heavy atom. The Labute approximate surface area is 124 Å². The predicted molar refractivity (Wildman–Crippen MR) is 83.9 cm³/mol. The quantitative estimate of drug-likeness (QED) is 0.769. The highest BCUT2D eigenvalue weighted by atomic mass is 16.4. The first-order valence-electron chi connectivity index (χ1n) is 7.37. The summed E-state index contributed by atoms with van der Waals surface area (Å²) in [6.07, 6.45) is 0.924. The molecule has 0 saturated carbocycles. The first kappa shape index (κ1) is 13.8. The summed E-state index contributed by atoms with van der Waals surface area (Å²) in [5.41, 5.74) is 0.957. The molecule has 3 rings (SSSR count). The predicted octanol–water partition coefficient (Wildman–Crippen LogP) is 3.95. The molecule has 0 fully saturated rings. The van der Waals surface area contributed by atoms with Gasteiger partial charge in [0.2, 0.25) is 11.8 Å². The summed E-state index contributed by atoms with van der Waals surface area (Å²) in [4.78, 5) is 0. The molecule has 1 unspecified atom stereocenters. The average molecular weight is 281 g/mol. The van der Waals surface area contributed by atoms with E-state index in [0.29, 0.717) is 11.8 Å². The highest BCUT2D eigenvalue weighted by Crippen LogP contribution is 2.25. The van der Waals surface area contributed by atoms with Crippen molar-refractivity contribution < 1.29 is 4.42 Å². The number of nitrogens with one attached hydrogen (secondary N) is 1. The number of nitrogens with zero attached hydrogens (tertiary/aromatic N) is 2. The highest BCUT2D eigenvalue weighted by Gasteiger charge is 2.16. The van der Waals surface area contributed by atoms with Gasteiger partial charge in [0.05, 0.1) is 6.04 Å². The van der Waals surface area contributed by atoms with Crippen LogP contribution in [-0.4, -0.2) is 16.7 Å². The zero-order valence-corrected chi connectivity index (χ0v) is 12.3. The first-order valence-corrected chi connectivity index (χ1v) is 7.37. The van der Waals surface area contributed by atoms with Crippen LogP contribution in [0.4, 0.5) is 0 Å². The van der Waals surface area contributed by atoms with Crippen LogP contribution in [0.25, 0.3) is 22.2 Å². The molecule has 0 radical (unpaired) electrons. The van der Waals surface area contributed by atoms with Crippen LogP contribution < -0.4 is 5.32 Å². The van der Waals surface area contributed by atoms with Gasteiger partial charge >= 0.3 is 0 Å². The Morgan fingerprint density at radius 2 is 1.86 bits per heavy atom. The number of fused-ring (bicyclic) bond motifs is 1.